The van der Waals surface area contributed by atoms with Crippen molar-refractivity contribution in [3.63, 3.8) is 0 Å². The molecule has 3 heteroatoms. The molecule has 1 aromatic carbocycles. The largest absolute Gasteiger partial charge is 0.385 e. The second-order valence-corrected chi connectivity index (χ2v) is 6.11. The van der Waals surface area contributed by atoms with Gasteiger partial charge in [0.25, 0.3) is 0 Å². The van der Waals surface area contributed by atoms with Gasteiger partial charge in [0.15, 0.2) is 0 Å². The predicted octanol–water partition coefficient (Wildman–Crippen LogP) is 3.26. The van der Waals surface area contributed by atoms with Crippen LogP contribution in [0.4, 0.5) is 5.69 Å². The molecule has 1 aromatic rings. The number of para-hydroxylation sites is 1. The first kappa shape index (κ1) is 15.5. The average Bonchev–Trinajstić information content (AvgIpc) is 2.33. The van der Waals surface area contributed by atoms with Crippen LogP contribution in [0.3, 0.4) is 0 Å². The van der Waals surface area contributed by atoms with Crippen LogP contribution in [-0.4, -0.2) is 31.4 Å². The van der Waals surface area contributed by atoms with Crippen molar-refractivity contribution in [2.75, 3.05) is 26.0 Å². The lowest BCUT2D eigenvalue weighted by Crippen LogP contribution is -2.22. The molecule has 1 N–H and O–H groups in total. The van der Waals surface area contributed by atoms with E-state index in [-0.39, 0.29) is 11.3 Å². The molecule has 0 atom stereocenters. The van der Waals surface area contributed by atoms with Crippen molar-refractivity contribution >= 4 is 11.6 Å². The number of hydrogen-bond acceptors (Lipinski definition) is 2. The normalized spacial score (nSPS) is 11.2. The summed E-state index contributed by atoms with van der Waals surface area (Å²) in [4.78, 5) is 13.1. The highest BCUT2D eigenvalue weighted by molar-refractivity contribution is 5.75. The van der Waals surface area contributed by atoms with Crippen LogP contribution in [0.5, 0.6) is 0 Å². The molecule has 0 spiro atoms. The van der Waals surface area contributed by atoms with Gasteiger partial charge in [-0.2, -0.15) is 0 Å². The molecule has 0 unspecified atom stereocenters. The number of anilines is 1. The highest BCUT2D eigenvalue weighted by Gasteiger charge is 2.16. The van der Waals surface area contributed by atoms with Crippen LogP contribution in [0.15, 0.2) is 24.3 Å². The Balaban J connectivity index is 2.53. The lowest BCUT2D eigenvalue weighted by atomic mass is 9.86. The Morgan fingerprint density at radius 3 is 2.42 bits per heavy atom. The number of carbonyl (C=O) groups is 1. The van der Waals surface area contributed by atoms with Crippen LogP contribution in [0.1, 0.15) is 39.2 Å². The first-order valence-corrected chi connectivity index (χ1v) is 6.86. The van der Waals surface area contributed by atoms with Crippen LogP contribution in [0.2, 0.25) is 0 Å². The Morgan fingerprint density at radius 2 is 1.84 bits per heavy atom. The zero-order valence-corrected chi connectivity index (χ0v) is 12.8. The van der Waals surface area contributed by atoms with Gasteiger partial charge in [0.2, 0.25) is 5.91 Å². The number of carbonyl (C=O) groups excluding carboxylic acids is 1. The fourth-order valence-corrected chi connectivity index (χ4v) is 1.98. The summed E-state index contributed by atoms with van der Waals surface area (Å²) in [5.41, 5.74) is 2.62. The first-order valence-electron chi connectivity index (χ1n) is 6.86. The second-order valence-electron chi connectivity index (χ2n) is 6.11. The van der Waals surface area contributed by atoms with Crippen molar-refractivity contribution in [2.45, 2.75) is 39.0 Å². The summed E-state index contributed by atoms with van der Waals surface area (Å²) in [6.07, 6.45) is 1.45. The van der Waals surface area contributed by atoms with E-state index in [1.807, 2.05) is 6.07 Å². The molecular weight excluding hydrogens is 236 g/mol. The van der Waals surface area contributed by atoms with E-state index in [0.717, 1.165) is 13.0 Å². The molecule has 0 fully saturated rings. The maximum absolute atomic E-state index is 11.5. The Hall–Kier alpha value is -1.51. The van der Waals surface area contributed by atoms with E-state index in [2.05, 4.69) is 44.3 Å². The van der Waals surface area contributed by atoms with E-state index in [0.29, 0.717) is 6.42 Å². The summed E-state index contributed by atoms with van der Waals surface area (Å²) in [6, 6.07) is 8.38. The van der Waals surface area contributed by atoms with Gasteiger partial charge in [-0.1, -0.05) is 39.0 Å². The van der Waals surface area contributed by atoms with Gasteiger partial charge >= 0.3 is 0 Å². The molecule has 0 saturated heterocycles. The highest BCUT2D eigenvalue weighted by Crippen LogP contribution is 2.29. The third kappa shape index (κ3) is 4.93. The van der Waals surface area contributed by atoms with Gasteiger partial charge in [-0.05, 0) is 23.5 Å². The van der Waals surface area contributed by atoms with Gasteiger partial charge in [-0.25, -0.2) is 0 Å². The molecule has 0 radical (unpaired) electrons. The maximum Gasteiger partial charge on any atom is 0.222 e. The fraction of sp³-hybridized carbons (Fsp3) is 0.562. The van der Waals surface area contributed by atoms with E-state index < -0.39 is 0 Å². The van der Waals surface area contributed by atoms with Crippen molar-refractivity contribution in [1.82, 2.24) is 4.90 Å². The number of amides is 1. The third-order valence-electron chi connectivity index (χ3n) is 3.12. The van der Waals surface area contributed by atoms with Crippen molar-refractivity contribution < 1.29 is 4.79 Å². The average molecular weight is 262 g/mol. The maximum atomic E-state index is 11.5. The van der Waals surface area contributed by atoms with Crippen molar-refractivity contribution in [1.29, 1.82) is 0 Å². The number of benzene rings is 1. The van der Waals surface area contributed by atoms with Gasteiger partial charge in [-0.15, -0.1) is 0 Å². The van der Waals surface area contributed by atoms with Gasteiger partial charge in [0, 0.05) is 32.7 Å². The fourth-order valence-electron chi connectivity index (χ4n) is 1.98. The third-order valence-corrected chi connectivity index (χ3v) is 3.12. The van der Waals surface area contributed by atoms with E-state index >= 15 is 0 Å². The number of nitrogens with zero attached hydrogens (tertiary/aromatic N) is 1. The zero-order chi connectivity index (χ0) is 14.5. The molecule has 0 bridgehead atoms. The van der Waals surface area contributed by atoms with Crippen LogP contribution >= 0.6 is 0 Å². The quantitative estimate of drug-likeness (QED) is 0.826. The molecule has 0 aromatic heterocycles. The van der Waals surface area contributed by atoms with Gasteiger partial charge in [0.1, 0.15) is 0 Å². The summed E-state index contributed by atoms with van der Waals surface area (Å²) in [6.45, 7) is 7.46. The number of nitrogens with one attached hydrogen (secondary N) is 1. The Labute approximate surface area is 117 Å². The number of rotatable bonds is 5. The van der Waals surface area contributed by atoms with Crippen LogP contribution in [0.25, 0.3) is 0 Å². The molecule has 0 heterocycles. The topological polar surface area (TPSA) is 32.3 Å². The Kier molecular flexibility index (Phi) is 5.40. The molecule has 19 heavy (non-hydrogen) atoms. The molecule has 106 valence electrons. The minimum absolute atomic E-state index is 0.128. The van der Waals surface area contributed by atoms with E-state index in [4.69, 9.17) is 0 Å². The van der Waals surface area contributed by atoms with Crippen molar-refractivity contribution in [2.24, 2.45) is 0 Å². The SMILES string of the molecule is CN(C)C(=O)CCCNc1ccccc1C(C)(C)C. The smallest absolute Gasteiger partial charge is 0.222 e. The summed E-state index contributed by atoms with van der Waals surface area (Å²) in [7, 11) is 3.59. The molecule has 1 amide bonds. The van der Waals surface area contributed by atoms with Gasteiger partial charge in [0.05, 0.1) is 0 Å². The lowest BCUT2D eigenvalue weighted by Gasteiger charge is -2.23. The summed E-state index contributed by atoms with van der Waals surface area (Å²) in [5.74, 6) is 0.186. The Morgan fingerprint density at radius 1 is 1.21 bits per heavy atom. The molecule has 0 aliphatic rings. The van der Waals surface area contributed by atoms with Crippen LogP contribution < -0.4 is 5.32 Å². The molecule has 0 aliphatic carbocycles. The molecule has 0 aliphatic heterocycles. The molecule has 3 nitrogen and oxygen atoms in total. The molecule has 0 saturated carbocycles. The standard InChI is InChI=1S/C16H26N2O/c1-16(2,3)13-9-6-7-10-14(13)17-12-8-11-15(19)18(4)5/h6-7,9-10,17H,8,11-12H2,1-5H3. The van der Waals surface area contributed by atoms with Gasteiger partial charge < -0.3 is 10.2 Å². The Bertz CT molecular complexity index is 419. The van der Waals surface area contributed by atoms with Crippen molar-refractivity contribution in [3.05, 3.63) is 29.8 Å². The molecule has 1 rings (SSSR count). The summed E-state index contributed by atoms with van der Waals surface area (Å²) < 4.78 is 0. The summed E-state index contributed by atoms with van der Waals surface area (Å²) >= 11 is 0. The number of hydrogen-bond donors (Lipinski definition) is 1. The van der Waals surface area contributed by atoms with E-state index in [1.165, 1.54) is 11.3 Å². The summed E-state index contributed by atoms with van der Waals surface area (Å²) in [5, 5.41) is 3.44. The highest BCUT2D eigenvalue weighted by atomic mass is 16.2. The van der Waals surface area contributed by atoms with E-state index in [9.17, 15) is 4.79 Å². The molecular formula is C16H26N2O. The van der Waals surface area contributed by atoms with E-state index in [1.54, 1.807) is 19.0 Å². The lowest BCUT2D eigenvalue weighted by molar-refractivity contribution is -0.128. The van der Waals surface area contributed by atoms with Crippen LogP contribution in [-0.2, 0) is 10.2 Å². The van der Waals surface area contributed by atoms with Crippen molar-refractivity contribution in [3.8, 4) is 0 Å². The first-order chi connectivity index (χ1) is 8.82. The minimum atomic E-state index is 0.128. The zero-order valence-electron chi connectivity index (χ0n) is 12.8. The minimum Gasteiger partial charge on any atom is -0.385 e. The monoisotopic (exact) mass is 262 g/mol. The predicted molar refractivity (Wildman–Crippen MR) is 81.6 cm³/mol. The van der Waals surface area contributed by atoms with Crippen LogP contribution in [0, 0.1) is 0 Å². The van der Waals surface area contributed by atoms with Gasteiger partial charge in [-0.3, -0.25) is 4.79 Å². The second kappa shape index (κ2) is 6.60.